The molecule has 88 valence electrons. The van der Waals surface area contributed by atoms with E-state index < -0.39 is 0 Å². The van der Waals surface area contributed by atoms with Crippen LogP contribution >= 0.6 is 11.3 Å². The monoisotopic (exact) mass is 247 g/mol. The van der Waals surface area contributed by atoms with Gasteiger partial charge in [0.15, 0.2) is 0 Å². The summed E-state index contributed by atoms with van der Waals surface area (Å²) in [5.41, 5.74) is 4.37. The van der Waals surface area contributed by atoms with Crippen LogP contribution in [0.25, 0.3) is 0 Å². The summed E-state index contributed by atoms with van der Waals surface area (Å²) < 4.78 is 5.34. The first-order chi connectivity index (χ1) is 8.15. The Morgan fingerprint density at radius 1 is 1.35 bits per heavy atom. The first kappa shape index (κ1) is 11.8. The number of thiazole rings is 1. The normalized spacial score (nSPS) is 10.3. The SMILES string of the molecule is COc1c(C(=O)c2cncs2)ccc(C)c1C. The predicted octanol–water partition coefficient (Wildman–Crippen LogP) is 3.00. The zero-order valence-electron chi connectivity index (χ0n) is 9.98. The van der Waals surface area contributed by atoms with E-state index in [9.17, 15) is 4.79 Å². The molecular formula is C13H13NO2S. The van der Waals surface area contributed by atoms with Crippen LogP contribution in [0.3, 0.4) is 0 Å². The number of ketones is 1. The number of nitrogens with zero attached hydrogens (tertiary/aromatic N) is 1. The molecule has 0 fully saturated rings. The van der Waals surface area contributed by atoms with Crippen molar-refractivity contribution in [3.63, 3.8) is 0 Å². The number of benzene rings is 1. The Labute approximate surface area is 104 Å². The number of rotatable bonds is 3. The van der Waals surface area contributed by atoms with E-state index in [1.165, 1.54) is 11.3 Å². The van der Waals surface area contributed by atoms with Gasteiger partial charge in [0, 0.05) is 6.20 Å². The molecule has 0 saturated heterocycles. The van der Waals surface area contributed by atoms with Gasteiger partial charge in [-0.2, -0.15) is 0 Å². The van der Waals surface area contributed by atoms with Crippen molar-refractivity contribution in [1.29, 1.82) is 0 Å². The van der Waals surface area contributed by atoms with Crippen LogP contribution in [0.4, 0.5) is 0 Å². The van der Waals surface area contributed by atoms with Crippen molar-refractivity contribution >= 4 is 17.1 Å². The van der Waals surface area contributed by atoms with E-state index in [4.69, 9.17) is 4.74 Å². The summed E-state index contributed by atoms with van der Waals surface area (Å²) in [6, 6.07) is 3.75. The van der Waals surface area contributed by atoms with E-state index in [-0.39, 0.29) is 5.78 Å². The molecular weight excluding hydrogens is 234 g/mol. The maximum Gasteiger partial charge on any atom is 0.208 e. The van der Waals surface area contributed by atoms with Crippen LogP contribution in [-0.4, -0.2) is 17.9 Å². The number of methoxy groups -OCH3 is 1. The highest BCUT2D eigenvalue weighted by Gasteiger charge is 2.18. The predicted molar refractivity (Wildman–Crippen MR) is 68.0 cm³/mol. The number of hydrogen-bond donors (Lipinski definition) is 0. The first-order valence-corrected chi connectivity index (χ1v) is 6.10. The van der Waals surface area contributed by atoms with Crippen molar-refractivity contribution in [3.05, 3.63) is 45.4 Å². The van der Waals surface area contributed by atoms with E-state index in [0.717, 1.165) is 11.1 Å². The topological polar surface area (TPSA) is 39.2 Å². The lowest BCUT2D eigenvalue weighted by atomic mass is 10.0. The van der Waals surface area contributed by atoms with Gasteiger partial charge in [-0.05, 0) is 31.0 Å². The molecule has 3 nitrogen and oxygen atoms in total. The third-order valence-electron chi connectivity index (χ3n) is 2.78. The highest BCUT2D eigenvalue weighted by molar-refractivity contribution is 7.11. The van der Waals surface area contributed by atoms with Crippen LogP contribution in [-0.2, 0) is 0 Å². The molecule has 0 saturated carbocycles. The van der Waals surface area contributed by atoms with E-state index in [2.05, 4.69) is 4.98 Å². The molecule has 0 bridgehead atoms. The molecule has 17 heavy (non-hydrogen) atoms. The third-order valence-corrected chi connectivity index (χ3v) is 3.55. The molecule has 4 heteroatoms. The lowest BCUT2D eigenvalue weighted by molar-refractivity contribution is 0.103. The minimum absolute atomic E-state index is 0.0348. The lowest BCUT2D eigenvalue weighted by Gasteiger charge is -2.11. The maximum absolute atomic E-state index is 12.2. The number of carbonyl (C=O) groups is 1. The van der Waals surface area contributed by atoms with Gasteiger partial charge < -0.3 is 4.74 Å². The molecule has 1 heterocycles. The van der Waals surface area contributed by atoms with Gasteiger partial charge in [-0.15, -0.1) is 11.3 Å². The highest BCUT2D eigenvalue weighted by Crippen LogP contribution is 2.28. The molecule has 2 rings (SSSR count). The highest BCUT2D eigenvalue weighted by atomic mass is 32.1. The van der Waals surface area contributed by atoms with Crippen LogP contribution in [0.1, 0.15) is 26.4 Å². The van der Waals surface area contributed by atoms with Crippen molar-refractivity contribution in [3.8, 4) is 5.75 Å². The lowest BCUT2D eigenvalue weighted by Crippen LogP contribution is -2.04. The quantitative estimate of drug-likeness (QED) is 0.783. The Kier molecular flexibility index (Phi) is 3.24. The van der Waals surface area contributed by atoms with Gasteiger partial charge in [0.2, 0.25) is 5.78 Å². The van der Waals surface area contributed by atoms with Crippen molar-refractivity contribution < 1.29 is 9.53 Å². The Morgan fingerprint density at radius 2 is 2.12 bits per heavy atom. The van der Waals surface area contributed by atoms with Gasteiger partial charge in [0.1, 0.15) is 5.75 Å². The smallest absolute Gasteiger partial charge is 0.208 e. The van der Waals surface area contributed by atoms with Gasteiger partial charge >= 0.3 is 0 Å². The summed E-state index contributed by atoms with van der Waals surface area (Å²) in [7, 11) is 1.59. The number of hydrogen-bond acceptors (Lipinski definition) is 4. The fraction of sp³-hybridized carbons (Fsp3) is 0.231. The van der Waals surface area contributed by atoms with Gasteiger partial charge in [0.05, 0.1) is 23.1 Å². The maximum atomic E-state index is 12.2. The molecule has 1 aromatic carbocycles. The second-order valence-electron chi connectivity index (χ2n) is 3.78. The minimum atomic E-state index is -0.0348. The van der Waals surface area contributed by atoms with Crippen molar-refractivity contribution in [1.82, 2.24) is 4.98 Å². The standard InChI is InChI=1S/C13H13NO2S/c1-8-4-5-10(13(16-3)9(8)2)12(15)11-6-14-7-17-11/h4-7H,1-3H3. The minimum Gasteiger partial charge on any atom is -0.496 e. The molecule has 2 aromatic rings. The third kappa shape index (κ3) is 2.08. The molecule has 0 amide bonds. The van der Waals surface area contributed by atoms with Crippen molar-refractivity contribution in [2.45, 2.75) is 13.8 Å². The zero-order valence-corrected chi connectivity index (χ0v) is 10.8. The summed E-state index contributed by atoms with van der Waals surface area (Å²) >= 11 is 1.34. The fourth-order valence-electron chi connectivity index (χ4n) is 1.69. The average Bonchev–Trinajstić information content (AvgIpc) is 2.85. The summed E-state index contributed by atoms with van der Waals surface area (Å²) in [5, 5.41) is 0. The van der Waals surface area contributed by atoms with Gasteiger partial charge in [-0.3, -0.25) is 9.78 Å². The fourth-order valence-corrected chi connectivity index (χ4v) is 2.27. The van der Waals surface area contributed by atoms with Crippen LogP contribution in [0, 0.1) is 13.8 Å². The summed E-state index contributed by atoms with van der Waals surface area (Å²) in [6.45, 7) is 3.95. The van der Waals surface area contributed by atoms with Gasteiger partial charge in [-0.1, -0.05) is 6.07 Å². The zero-order chi connectivity index (χ0) is 12.4. The molecule has 1 aromatic heterocycles. The number of ether oxygens (including phenoxy) is 1. The molecule has 0 aliphatic carbocycles. The Morgan fingerprint density at radius 3 is 2.71 bits per heavy atom. The molecule has 0 N–H and O–H groups in total. The van der Waals surface area contributed by atoms with Crippen LogP contribution in [0.5, 0.6) is 5.75 Å². The Balaban J connectivity index is 2.53. The van der Waals surface area contributed by atoms with Crippen molar-refractivity contribution in [2.75, 3.05) is 7.11 Å². The van der Waals surface area contributed by atoms with Crippen molar-refractivity contribution in [2.24, 2.45) is 0 Å². The number of aromatic nitrogens is 1. The molecule has 0 aliphatic heterocycles. The van der Waals surface area contributed by atoms with E-state index in [1.54, 1.807) is 18.8 Å². The average molecular weight is 247 g/mol. The molecule has 0 unspecified atom stereocenters. The second-order valence-corrected chi connectivity index (χ2v) is 4.67. The molecule has 0 aliphatic rings. The molecule has 0 spiro atoms. The number of carbonyl (C=O) groups excluding carboxylic acids is 1. The summed E-state index contributed by atoms with van der Waals surface area (Å²) in [6.07, 6.45) is 1.58. The first-order valence-electron chi connectivity index (χ1n) is 5.22. The van der Waals surface area contributed by atoms with E-state index in [1.807, 2.05) is 26.0 Å². The summed E-state index contributed by atoms with van der Waals surface area (Å²) in [4.78, 5) is 16.8. The Bertz CT molecular complexity index is 547. The Hall–Kier alpha value is -1.68. The molecule has 0 radical (unpaired) electrons. The van der Waals surface area contributed by atoms with Crippen LogP contribution < -0.4 is 4.74 Å². The second kappa shape index (κ2) is 4.67. The van der Waals surface area contributed by atoms with Crippen LogP contribution in [0.15, 0.2) is 23.8 Å². The van der Waals surface area contributed by atoms with E-state index >= 15 is 0 Å². The van der Waals surface area contributed by atoms with Crippen LogP contribution in [0.2, 0.25) is 0 Å². The van der Waals surface area contributed by atoms with Gasteiger partial charge in [-0.25, -0.2) is 0 Å². The largest absolute Gasteiger partial charge is 0.496 e. The van der Waals surface area contributed by atoms with E-state index in [0.29, 0.717) is 16.2 Å². The number of aryl methyl sites for hydroxylation is 1. The molecule has 0 atom stereocenters. The van der Waals surface area contributed by atoms with Gasteiger partial charge in [0.25, 0.3) is 0 Å². The summed E-state index contributed by atoms with van der Waals surface area (Å²) in [5.74, 6) is 0.621.